The number of amides is 1. The number of carbonyl (C=O) groups excluding carboxylic acids is 1. The Kier molecular flexibility index (Phi) is 4.31. The number of carbonyl (C=O) groups is 2. The van der Waals surface area contributed by atoms with Crippen LogP contribution in [0.15, 0.2) is 24.3 Å². The van der Waals surface area contributed by atoms with Crippen LogP contribution in [0, 0.1) is 0 Å². The molecule has 5 nitrogen and oxygen atoms in total. The standard InChI is InChI=1S/C13H18N2O3/c1-13(2,3)15-11(16)8-14-10-7-5-4-6-9(10)12(17)18/h4-7,14H,8H2,1-3H3,(H,15,16)(H,17,18). The monoisotopic (exact) mass is 250 g/mol. The molecule has 0 aliphatic rings. The molecule has 0 saturated carbocycles. The van der Waals surface area contributed by atoms with E-state index in [1.54, 1.807) is 18.2 Å². The highest BCUT2D eigenvalue weighted by atomic mass is 16.4. The van der Waals surface area contributed by atoms with Gasteiger partial charge >= 0.3 is 5.97 Å². The molecule has 3 N–H and O–H groups in total. The van der Waals surface area contributed by atoms with Crippen molar-refractivity contribution in [3.05, 3.63) is 29.8 Å². The highest BCUT2D eigenvalue weighted by Crippen LogP contribution is 2.14. The molecule has 0 atom stereocenters. The van der Waals surface area contributed by atoms with E-state index in [9.17, 15) is 9.59 Å². The summed E-state index contributed by atoms with van der Waals surface area (Å²) in [6.07, 6.45) is 0. The topological polar surface area (TPSA) is 78.4 Å². The zero-order valence-electron chi connectivity index (χ0n) is 10.8. The summed E-state index contributed by atoms with van der Waals surface area (Å²) in [5, 5.41) is 14.6. The predicted molar refractivity (Wildman–Crippen MR) is 69.8 cm³/mol. The van der Waals surface area contributed by atoms with E-state index in [-0.39, 0.29) is 23.6 Å². The van der Waals surface area contributed by atoms with Crippen molar-refractivity contribution < 1.29 is 14.7 Å². The Morgan fingerprint density at radius 2 is 1.83 bits per heavy atom. The van der Waals surface area contributed by atoms with Crippen molar-refractivity contribution in [2.75, 3.05) is 11.9 Å². The second-order valence-electron chi connectivity index (χ2n) is 5.00. The molecule has 0 aliphatic carbocycles. The third kappa shape index (κ3) is 4.45. The van der Waals surface area contributed by atoms with E-state index >= 15 is 0 Å². The Labute approximate surface area is 106 Å². The maximum Gasteiger partial charge on any atom is 0.337 e. The Balaban J connectivity index is 2.64. The van der Waals surface area contributed by atoms with Crippen molar-refractivity contribution in [2.24, 2.45) is 0 Å². The highest BCUT2D eigenvalue weighted by Gasteiger charge is 2.14. The minimum absolute atomic E-state index is 0.0432. The number of carboxylic acids is 1. The van der Waals surface area contributed by atoms with Crippen LogP contribution in [0.1, 0.15) is 31.1 Å². The van der Waals surface area contributed by atoms with Gasteiger partial charge in [0.15, 0.2) is 0 Å². The average molecular weight is 250 g/mol. The molecular formula is C13H18N2O3. The van der Waals surface area contributed by atoms with Crippen LogP contribution in [0.25, 0.3) is 0 Å². The summed E-state index contributed by atoms with van der Waals surface area (Å²) in [4.78, 5) is 22.5. The first-order chi connectivity index (χ1) is 8.29. The van der Waals surface area contributed by atoms with Crippen molar-refractivity contribution in [2.45, 2.75) is 26.3 Å². The molecule has 0 unspecified atom stereocenters. The minimum Gasteiger partial charge on any atom is -0.478 e. The molecule has 1 aromatic carbocycles. The van der Waals surface area contributed by atoms with Gasteiger partial charge < -0.3 is 15.7 Å². The molecule has 1 aromatic rings. The number of para-hydroxylation sites is 1. The van der Waals surface area contributed by atoms with Crippen molar-refractivity contribution >= 4 is 17.6 Å². The van der Waals surface area contributed by atoms with E-state index in [4.69, 9.17) is 5.11 Å². The maximum absolute atomic E-state index is 11.6. The lowest BCUT2D eigenvalue weighted by atomic mass is 10.1. The van der Waals surface area contributed by atoms with Crippen LogP contribution in [0.2, 0.25) is 0 Å². The molecule has 0 saturated heterocycles. The number of anilines is 1. The van der Waals surface area contributed by atoms with E-state index in [0.717, 1.165) is 0 Å². The normalized spacial score (nSPS) is 10.8. The number of aromatic carboxylic acids is 1. The van der Waals surface area contributed by atoms with Crippen LogP contribution >= 0.6 is 0 Å². The average Bonchev–Trinajstić information content (AvgIpc) is 2.24. The van der Waals surface area contributed by atoms with E-state index in [2.05, 4.69) is 10.6 Å². The Morgan fingerprint density at radius 3 is 2.39 bits per heavy atom. The minimum atomic E-state index is -1.02. The Bertz CT molecular complexity index is 450. The van der Waals surface area contributed by atoms with Gasteiger partial charge in [-0.1, -0.05) is 12.1 Å². The first-order valence-corrected chi connectivity index (χ1v) is 5.67. The van der Waals surface area contributed by atoms with Gasteiger partial charge in [-0.3, -0.25) is 4.79 Å². The molecule has 0 heterocycles. The summed E-state index contributed by atoms with van der Waals surface area (Å²) >= 11 is 0. The largest absolute Gasteiger partial charge is 0.478 e. The maximum atomic E-state index is 11.6. The van der Waals surface area contributed by atoms with E-state index in [1.807, 2.05) is 20.8 Å². The number of hydrogen-bond donors (Lipinski definition) is 3. The lowest BCUT2D eigenvalue weighted by molar-refractivity contribution is -0.120. The molecule has 0 radical (unpaired) electrons. The van der Waals surface area contributed by atoms with Crippen molar-refractivity contribution in [1.29, 1.82) is 0 Å². The lowest BCUT2D eigenvalue weighted by Crippen LogP contribution is -2.43. The summed E-state index contributed by atoms with van der Waals surface area (Å²) in [5.41, 5.74) is 0.292. The van der Waals surface area contributed by atoms with Gasteiger partial charge in [-0.15, -0.1) is 0 Å². The first kappa shape index (κ1) is 14.0. The van der Waals surface area contributed by atoms with E-state index in [0.29, 0.717) is 5.69 Å². The van der Waals surface area contributed by atoms with Gasteiger partial charge in [-0.05, 0) is 32.9 Å². The molecule has 5 heteroatoms. The predicted octanol–water partition coefficient (Wildman–Crippen LogP) is 1.71. The summed E-state index contributed by atoms with van der Waals surface area (Å²) in [7, 11) is 0. The van der Waals surface area contributed by atoms with Crippen molar-refractivity contribution in [3.8, 4) is 0 Å². The smallest absolute Gasteiger partial charge is 0.337 e. The molecule has 98 valence electrons. The second kappa shape index (κ2) is 5.53. The van der Waals surface area contributed by atoms with Crippen molar-refractivity contribution in [3.63, 3.8) is 0 Å². The number of rotatable bonds is 4. The number of hydrogen-bond acceptors (Lipinski definition) is 3. The molecule has 0 aliphatic heterocycles. The molecule has 1 rings (SSSR count). The first-order valence-electron chi connectivity index (χ1n) is 5.67. The van der Waals surface area contributed by atoms with Gasteiger partial charge in [-0.2, -0.15) is 0 Å². The van der Waals surface area contributed by atoms with Gasteiger partial charge in [0.2, 0.25) is 5.91 Å². The zero-order chi connectivity index (χ0) is 13.8. The van der Waals surface area contributed by atoms with Gasteiger partial charge in [0.1, 0.15) is 0 Å². The van der Waals surface area contributed by atoms with Crippen LogP contribution in [0.5, 0.6) is 0 Å². The van der Waals surface area contributed by atoms with Crippen molar-refractivity contribution in [1.82, 2.24) is 5.32 Å². The SMILES string of the molecule is CC(C)(C)NC(=O)CNc1ccccc1C(=O)O. The summed E-state index contributed by atoms with van der Waals surface area (Å²) in [6, 6.07) is 6.49. The van der Waals surface area contributed by atoms with E-state index < -0.39 is 5.97 Å². The van der Waals surface area contributed by atoms with Crippen LogP contribution in [-0.4, -0.2) is 29.1 Å². The lowest BCUT2D eigenvalue weighted by Gasteiger charge is -2.21. The molecule has 1 amide bonds. The molecule has 0 aromatic heterocycles. The Morgan fingerprint density at radius 1 is 1.22 bits per heavy atom. The number of benzene rings is 1. The highest BCUT2D eigenvalue weighted by molar-refractivity contribution is 5.95. The molecule has 0 bridgehead atoms. The summed E-state index contributed by atoms with van der Waals surface area (Å²) < 4.78 is 0. The zero-order valence-corrected chi connectivity index (χ0v) is 10.8. The molecule has 18 heavy (non-hydrogen) atoms. The third-order valence-electron chi connectivity index (χ3n) is 2.11. The fourth-order valence-corrected chi connectivity index (χ4v) is 1.46. The van der Waals surface area contributed by atoms with Crippen LogP contribution in [0.4, 0.5) is 5.69 Å². The quantitative estimate of drug-likeness (QED) is 0.760. The molecule has 0 fully saturated rings. The van der Waals surface area contributed by atoms with Gasteiger partial charge in [0, 0.05) is 11.2 Å². The van der Waals surface area contributed by atoms with Gasteiger partial charge in [0.25, 0.3) is 0 Å². The molecular weight excluding hydrogens is 232 g/mol. The summed E-state index contributed by atoms with van der Waals surface area (Å²) in [5.74, 6) is -1.20. The number of carboxylic acid groups (broad SMARTS) is 1. The fourth-order valence-electron chi connectivity index (χ4n) is 1.46. The summed E-state index contributed by atoms with van der Waals surface area (Å²) in [6.45, 7) is 5.70. The third-order valence-corrected chi connectivity index (χ3v) is 2.11. The van der Waals surface area contributed by atoms with Crippen LogP contribution in [0.3, 0.4) is 0 Å². The van der Waals surface area contributed by atoms with Gasteiger partial charge in [0.05, 0.1) is 12.1 Å². The fraction of sp³-hybridized carbons (Fsp3) is 0.385. The van der Waals surface area contributed by atoms with Gasteiger partial charge in [-0.25, -0.2) is 4.79 Å². The van der Waals surface area contributed by atoms with Crippen LogP contribution in [-0.2, 0) is 4.79 Å². The number of nitrogens with one attached hydrogen (secondary N) is 2. The van der Waals surface area contributed by atoms with E-state index in [1.165, 1.54) is 6.07 Å². The Hall–Kier alpha value is -2.04. The van der Waals surface area contributed by atoms with Crippen LogP contribution < -0.4 is 10.6 Å². The second-order valence-corrected chi connectivity index (χ2v) is 5.00. The molecule has 0 spiro atoms.